The number of nitrogens with zero attached hydrogens (tertiary/aromatic N) is 4. The van der Waals surface area contributed by atoms with Gasteiger partial charge in [-0.05, 0) is 24.3 Å². The van der Waals surface area contributed by atoms with E-state index >= 15 is 0 Å². The number of ether oxygens (including phenoxy) is 1. The third-order valence-electron chi connectivity index (χ3n) is 4.29. The van der Waals surface area contributed by atoms with Crippen LogP contribution < -0.4 is 5.32 Å². The molecule has 2 aromatic heterocycles. The van der Waals surface area contributed by atoms with Gasteiger partial charge in [-0.2, -0.15) is 4.98 Å². The van der Waals surface area contributed by atoms with Crippen molar-refractivity contribution in [2.45, 2.75) is 13.0 Å². The SMILES string of the molecule is COCCNC(=O)N1CCc2c(sc3nc(-c4ccc(F)cc4)nn23)C1. The Kier molecular flexibility index (Phi) is 4.56. The highest BCUT2D eigenvalue weighted by Gasteiger charge is 2.26. The Morgan fingerprint density at radius 2 is 2.19 bits per heavy atom. The number of carbonyl (C=O) groups is 1. The molecule has 1 aromatic carbocycles. The number of halogens is 1. The van der Waals surface area contributed by atoms with Crippen LogP contribution in [-0.4, -0.2) is 52.3 Å². The summed E-state index contributed by atoms with van der Waals surface area (Å²) in [5, 5.41) is 7.42. The zero-order valence-electron chi connectivity index (χ0n) is 14.2. The Morgan fingerprint density at radius 3 is 2.96 bits per heavy atom. The molecular formula is C17H18FN5O2S. The first-order chi connectivity index (χ1) is 12.7. The van der Waals surface area contributed by atoms with Crippen molar-refractivity contribution in [1.82, 2.24) is 24.8 Å². The summed E-state index contributed by atoms with van der Waals surface area (Å²) < 4.78 is 19.9. The molecule has 9 heteroatoms. The molecule has 136 valence electrons. The summed E-state index contributed by atoms with van der Waals surface area (Å²) in [7, 11) is 1.61. The summed E-state index contributed by atoms with van der Waals surface area (Å²) in [4.78, 5) is 20.4. The van der Waals surface area contributed by atoms with Crippen LogP contribution in [0.15, 0.2) is 24.3 Å². The van der Waals surface area contributed by atoms with Gasteiger partial charge in [-0.15, -0.1) is 5.10 Å². The quantitative estimate of drug-likeness (QED) is 0.711. The third kappa shape index (κ3) is 3.15. The Hall–Kier alpha value is -2.52. The Labute approximate surface area is 153 Å². The number of amides is 2. The van der Waals surface area contributed by atoms with Gasteiger partial charge in [0.25, 0.3) is 0 Å². The molecule has 1 aliphatic heterocycles. The van der Waals surface area contributed by atoms with E-state index in [0.29, 0.717) is 32.1 Å². The van der Waals surface area contributed by atoms with Crippen LogP contribution in [-0.2, 0) is 17.7 Å². The number of fused-ring (bicyclic) bond motifs is 3. The summed E-state index contributed by atoms with van der Waals surface area (Å²) in [6, 6.07) is 6.07. The molecule has 4 rings (SSSR count). The van der Waals surface area contributed by atoms with Gasteiger partial charge in [-0.25, -0.2) is 13.7 Å². The smallest absolute Gasteiger partial charge is 0.317 e. The number of thiazole rings is 1. The Bertz CT molecular complexity index is 937. The number of urea groups is 1. The van der Waals surface area contributed by atoms with Gasteiger partial charge in [0.05, 0.1) is 18.8 Å². The average molecular weight is 375 g/mol. The van der Waals surface area contributed by atoms with E-state index in [1.165, 1.54) is 23.5 Å². The van der Waals surface area contributed by atoms with Crippen molar-refractivity contribution in [3.8, 4) is 11.4 Å². The van der Waals surface area contributed by atoms with Crippen molar-refractivity contribution in [3.05, 3.63) is 40.7 Å². The summed E-state index contributed by atoms with van der Waals surface area (Å²) in [6.07, 6.45) is 0.721. The molecule has 26 heavy (non-hydrogen) atoms. The fourth-order valence-electron chi connectivity index (χ4n) is 2.96. The molecule has 1 aliphatic rings. The molecule has 3 aromatic rings. The molecule has 0 radical (unpaired) electrons. The molecule has 7 nitrogen and oxygen atoms in total. The predicted octanol–water partition coefficient (Wildman–Crippen LogP) is 2.31. The van der Waals surface area contributed by atoms with Gasteiger partial charge in [0.15, 0.2) is 5.82 Å². The maximum absolute atomic E-state index is 13.1. The number of nitrogens with one attached hydrogen (secondary N) is 1. The lowest BCUT2D eigenvalue weighted by Crippen LogP contribution is -2.43. The lowest BCUT2D eigenvalue weighted by atomic mass is 10.2. The third-order valence-corrected chi connectivity index (χ3v) is 5.35. The first-order valence-corrected chi connectivity index (χ1v) is 9.12. The summed E-state index contributed by atoms with van der Waals surface area (Å²) in [6.45, 7) is 2.17. The molecule has 0 aliphatic carbocycles. The molecule has 0 atom stereocenters. The van der Waals surface area contributed by atoms with Crippen LogP contribution in [0, 0.1) is 5.82 Å². The fourth-order valence-corrected chi connectivity index (χ4v) is 4.07. The van der Waals surface area contributed by atoms with E-state index in [9.17, 15) is 9.18 Å². The van der Waals surface area contributed by atoms with Gasteiger partial charge in [0.1, 0.15) is 5.82 Å². The van der Waals surface area contributed by atoms with E-state index in [1.807, 2.05) is 4.52 Å². The number of methoxy groups -OCH3 is 1. The molecule has 3 heterocycles. The zero-order valence-corrected chi connectivity index (χ0v) is 15.1. The lowest BCUT2D eigenvalue weighted by molar-refractivity contribution is 0.176. The van der Waals surface area contributed by atoms with Gasteiger partial charge >= 0.3 is 6.03 Å². The Balaban J connectivity index is 1.53. The monoisotopic (exact) mass is 375 g/mol. The summed E-state index contributed by atoms with van der Waals surface area (Å²) in [5.41, 5.74) is 1.87. The maximum Gasteiger partial charge on any atom is 0.317 e. The van der Waals surface area contributed by atoms with Crippen molar-refractivity contribution in [2.24, 2.45) is 0 Å². The van der Waals surface area contributed by atoms with E-state index in [1.54, 1.807) is 24.1 Å². The highest BCUT2D eigenvalue weighted by atomic mass is 32.1. The second-order valence-electron chi connectivity index (χ2n) is 6.00. The minimum Gasteiger partial charge on any atom is -0.383 e. The van der Waals surface area contributed by atoms with E-state index in [2.05, 4.69) is 15.4 Å². The largest absolute Gasteiger partial charge is 0.383 e. The second kappa shape index (κ2) is 7.00. The molecule has 0 saturated heterocycles. The molecule has 0 bridgehead atoms. The van der Waals surface area contributed by atoms with Crippen LogP contribution in [0.1, 0.15) is 10.6 Å². The van der Waals surface area contributed by atoms with Crippen molar-refractivity contribution in [1.29, 1.82) is 0 Å². The fraction of sp³-hybridized carbons (Fsp3) is 0.353. The van der Waals surface area contributed by atoms with E-state index in [-0.39, 0.29) is 11.8 Å². The maximum atomic E-state index is 13.1. The van der Waals surface area contributed by atoms with E-state index in [0.717, 1.165) is 27.5 Å². The Morgan fingerprint density at radius 1 is 1.38 bits per heavy atom. The summed E-state index contributed by atoms with van der Waals surface area (Å²) >= 11 is 1.54. The number of benzene rings is 1. The molecular weight excluding hydrogens is 357 g/mol. The minimum absolute atomic E-state index is 0.0845. The second-order valence-corrected chi connectivity index (χ2v) is 7.07. The lowest BCUT2D eigenvalue weighted by Gasteiger charge is -2.26. The van der Waals surface area contributed by atoms with Gasteiger partial charge in [0.2, 0.25) is 4.96 Å². The standard InChI is InChI=1S/C17H18FN5O2S/c1-25-9-7-19-16(24)22-8-6-13-14(10-22)26-17-20-15(21-23(13)17)11-2-4-12(18)5-3-11/h2-5H,6-10H2,1H3,(H,19,24). The van der Waals surface area contributed by atoms with Crippen LogP contribution in [0.4, 0.5) is 9.18 Å². The van der Waals surface area contributed by atoms with Crippen LogP contribution in [0.2, 0.25) is 0 Å². The number of hydrogen-bond donors (Lipinski definition) is 1. The number of carbonyl (C=O) groups excluding carboxylic acids is 1. The van der Waals surface area contributed by atoms with Crippen molar-refractivity contribution >= 4 is 22.3 Å². The van der Waals surface area contributed by atoms with Crippen LogP contribution in [0.3, 0.4) is 0 Å². The van der Waals surface area contributed by atoms with Crippen LogP contribution in [0.25, 0.3) is 16.3 Å². The summed E-state index contributed by atoms with van der Waals surface area (Å²) in [5.74, 6) is 0.301. The first-order valence-electron chi connectivity index (χ1n) is 8.30. The van der Waals surface area contributed by atoms with Gasteiger partial charge in [-0.3, -0.25) is 0 Å². The van der Waals surface area contributed by atoms with Gasteiger partial charge in [0, 0.05) is 37.1 Å². The van der Waals surface area contributed by atoms with Crippen molar-refractivity contribution in [2.75, 3.05) is 26.8 Å². The van der Waals surface area contributed by atoms with Crippen molar-refractivity contribution < 1.29 is 13.9 Å². The van der Waals surface area contributed by atoms with Gasteiger partial charge < -0.3 is 15.0 Å². The highest BCUT2D eigenvalue weighted by Crippen LogP contribution is 2.29. The molecule has 2 amide bonds. The normalized spacial score (nSPS) is 13.8. The molecule has 0 fully saturated rings. The first kappa shape index (κ1) is 16.9. The number of rotatable bonds is 4. The number of hydrogen-bond acceptors (Lipinski definition) is 5. The van der Waals surface area contributed by atoms with Gasteiger partial charge in [-0.1, -0.05) is 11.3 Å². The highest BCUT2D eigenvalue weighted by molar-refractivity contribution is 7.17. The van der Waals surface area contributed by atoms with Crippen LogP contribution in [0.5, 0.6) is 0 Å². The van der Waals surface area contributed by atoms with Crippen molar-refractivity contribution in [3.63, 3.8) is 0 Å². The average Bonchev–Trinajstić information content (AvgIpc) is 3.19. The predicted molar refractivity (Wildman–Crippen MR) is 95.6 cm³/mol. The minimum atomic E-state index is -0.281. The molecule has 0 saturated carbocycles. The molecule has 1 N–H and O–H groups in total. The topological polar surface area (TPSA) is 71.8 Å². The molecule has 0 spiro atoms. The molecule has 0 unspecified atom stereocenters. The number of aromatic nitrogens is 3. The van der Waals surface area contributed by atoms with E-state index in [4.69, 9.17) is 4.74 Å². The van der Waals surface area contributed by atoms with E-state index < -0.39 is 0 Å². The zero-order chi connectivity index (χ0) is 18.1. The van der Waals surface area contributed by atoms with Crippen LogP contribution >= 0.6 is 11.3 Å².